The Morgan fingerprint density at radius 2 is 1.86 bits per heavy atom. The van der Waals surface area contributed by atoms with E-state index in [1.165, 1.54) is 5.57 Å². The van der Waals surface area contributed by atoms with Crippen LogP contribution in [0.15, 0.2) is 23.3 Å². The molecule has 3 heteroatoms. The molecule has 124 valence electrons. The first-order chi connectivity index (χ1) is 10.2. The molecule has 1 aliphatic rings. The number of ketones is 2. The van der Waals surface area contributed by atoms with Crippen LogP contribution in [0.25, 0.3) is 0 Å². The van der Waals surface area contributed by atoms with Crippen LogP contribution in [0, 0.1) is 11.3 Å². The SMILES string of the molecule is CC(=O)C1CCCC1(C)C(=O)CC=C(C)C(O)CC=C(C)C. The van der Waals surface area contributed by atoms with Crippen LogP contribution in [0.5, 0.6) is 0 Å². The lowest BCUT2D eigenvalue weighted by Gasteiger charge is -2.28. The summed E-state index contributed by atoms with van der Waals surface area (Å²) in [7, 11) is 0. The van der Waals surface area contributed by atoms with Crippen LogP contribution in [-0.2, 0) is 9.59 Å². The fraction of sp³-hybridized carbons (Fsp3) is 0.684. The Hall–Kier alpha value is -1.22. The molecule has 1 fully saturated rings. The molecule has 0 aromatic carbocycles. The fourth-order valence-corrected chi connectivity index (χ4v) is 3.31. The number of carbonyl (C=O) groups excluding carboxylic acids is 2. The largest absolute Gasteiger partial charge is 0.388 e. The molecule has 0 amide bonds. The molecule has 1 rings (SSSR count). The third-order valence-corrected chi connectivity index (χ3v) is 4.97. The average Bonchev–Trinajstić information content (AvgIpc) is 2.85. The summed E-state index contributed by atoms with van der Waals surface area (Å²) in [6.45, 7) is 9.37. The molecule has 0 aromatic heterocycles. The number of hydrogen-bond donors (Lipinski definition) is 1. The summed E-state index contributed by atoms with van der Waals surface area (Å²) in [5.41, 5.74) is 1.48. The Balaban J connectivity index is 2.70. The summed E-state index contributed by atoms with van der Waals surface area (Å²) >= 11 is 0. The van der Waals surface area contributed by atoms with Gasteiger partial charge in [-0.1, -0.05) is 31.1 Å². The molecule has 0 heterocycles. The monoisotopic (exact) mass is 306 g/mol. The smallest absolute Gasteiger partial charge is 0.143 e. The second-order valence-electron chi connectivity index (χ2n) is 7.08. The molecule has 3 atom stereocenters. The lowest BCUT2D eigenvalue weighted by Crippen LogP contribution is -2.35. The fourth-order valence-electron chi connectivity index (χ4n) is 3.31. The highest BCUT2D eigenvalue weighted by molar-refractivity contribution is 5.92. The first kappa shape index (κ1) is 18.8. The van der Waals surface area contributed by atoms with E-state index in [0.29, 0.717) is 12.8 Å². The summed E-state index contributed by atoms with van der Waals surface area (Å²) in [5.74, 6) is 0.112. The van der Waals surface area contributed by atoms with Crippen LogP contribution in [-0.4, -0.2) is 22.8 Å². The number of allylic oxidation sites excluding steroid dienone is 2. The third kappa shape index (κ3) is 4.64. The van der Waals surface area contributed by atoms with Gasteiger partial charge in [0, 0.05) is 17.8 Å². The molecule has 1 aliphatic carbocycles. The first-order valence-electron chi connectivity index (χ1n) is 8.20. The maximum absolute atomic E-state index is 12.6. The zero-order chi connectivity index (χ0) is 16.9. The minimum Gasteiger partial charge on any atom is -0.388 e. The summed E-state index contributed by atoms with van der Waals surface area (Å²) in [6.07, 6.45) is 6.72. The normalized spacial score (nSPS) is 26.6. The molecule has 0 radical (unpaired) electrons. The van der Waals surface area contributed by atoms with Crippen molar-refractivity contribution in [3.8, 4) is 0 Å². The van der Waals surface area contributed by atoms with Crippen molar-refractivity contribution in [2.24, 2.45) is 11.3 Å². The molecule has 1 N–H and O–H groups in total. The number of hydrogen-bond acceptors (Lipinski definition) is 3. The predicted octanol–water partition coefficient (Wildman–Crippen LogP) is 4.00. The van der Waals surface area contributed by atoms with Crippen LogP contribution in [0.1, 0.15) is 66.7 Å². The molecule has 0 spiro atoms. The summed E-state index contributed by atoms with van der Waals surface area (Å²) < 4.78 is 0. The molecule has 3 nitrogen and oxygen atoms in total. The topological polar surface area (TPSA) is 54.4 Å². The standard InChI is InChI=1S/C19H30O3/c1-13(2)8-10-17(21)14(3)9-11-18(22)19(5)12-6-7-16(19)15(4)20/h8-9,16-17,21H,6-7,10-12H2,1-5H3. The van der Waals surface area contributed by atoms with E-state index in [2.05, 4.69) is 0 Å². The third-order valence-electron chi connectivity index (χ3n) is 4.97. The van der Waals surface area contributed by atoms with Gasteiger partial charge in [-0.15, -0.1) is 0 Å². The van der Waals surface area contributed by atoms with E-state index in [9.17, 15) is 14.7 Å². The van der Waals surface area contributed by atoms with Crippen molar-refractivity contribution in [1.29, 1.82) is 0 Å². The molecule has 22 heavy (non-hydrogen) atoms. The Kier molecular flexibility index (Phi) is 6.73. The molecule has 0 saturated heterocycles. The van der Waals surface area contributed by atoms with Crippen molar-refractivity contribution in [3.05, 3.63) is 23.3 Å². The summed E-state index contributed by atoms with van der Waals surface area (Å²) in [4.78, 5) is 24.3. The molecule has 0 bridgehead atoms. The van der Waals surface area contributed by atoms with Crippen LogP contribution in [0.2, 0.25) is 0 Å². The number of aliphatic hydroxyl groups is 1. The highest BCUT2D eigenvalue weighted by Crippen LogP contribution is 2.45. The number of Topliss-reactive ketones (excluding diaryl/α,β-unsaturated/α-hetero) is 2. The van der Waals surface area contributed by atoms with Crippen LogP contribution in [0.3, 0.4) is 0 Å². The van der Waals surface area contributed by atoms with Crippen molar-refractivity contribution in [1.82, 2.24) is 0 Å². The molecular weight excluding hydrogens is 276 g/mol. The van der Waals surface area contributed by atoms with Crippen molar-refractivity contribution >= 4 is 11.6 Å². The summed E-state index contributed by atoms with van der Waals surface area (Å²) in [5, 5.41) is 10.1. The van der Waals surface area contributed by atoms with Crippen molar-refractivity contribution in [3.63, 3.8) is 0 Å². The van der Waals surface area contributed by atoms with E-state index < -0.39 is 11.5 Å². The van der Waals surface area contributed by atoms with E-state index in [0.717, 1.165) is 24.8 Å². The van der Waals surface area contributed by atoms with E-state index in [-0.39, 0.29) is 17.5 Å². The van der Waals surface area contributed by atoms with Crippen molar-refractivity contribution in [2.45, 2.75) is 72.8 Å². The molecule has 0 aliphatic heterocycles. The first-order valence-corrected chi connectivity index (χ1v) is 8.20. The average molecular weight is 306 g/mol. The second kappa shape index (κ2) is 7.87. The lowest BCUT2D eigenvalue weighted by atomic mass is 9.73. The Bertz CT molecular complexity index is 483. The second-order valence-corrected chi connectivity index (χ2v) is 7.08. The minimum absolute atomic E-state index is 0.123. The molecule has 0 aromatic rings. The Morgan fingerprint density at radius 3 is 2.41 bits per heavy atom. The van der Waals surface area contributed by atoms with Gasteiger partial charge in [-0.2, -0.15) is 0 Å². The van der Waals surface area contributed by atoms with Crippen molar-refractivity contribution in [2.75, 3.05) is 0 Å². The van der Waals surface area contributed by atoms with E-state index in [4.69, 9.17) is 0 Å². The quantitative estimate of drug-likeness (QED) is 0.723. The van der Waals surface area contributed by atoms with Gasteiger partial charge in [0.2, 0.25) is 0 Å². The summed E-state index contributed by atoms with van der Waals surface area (Å²) in [6, 6.07) is 0. The van der Waals surface area contributed by atoms with E-state index in [1.54, 1.807) is 6.92 Å². The zero-order valence-corrected chi connectivity index (χ0v) is 14.6. The van der Waals surface area contributed by atoms with E-state index in [1.807, 2.05) is 39.8 Å². The van der Waals surface area contributed by atoms with Gasteiger partial charge >= 0.3 is 0 Å². The maximum atomic E-state index is 12.6. The maximum Gasteiger partial charge on any atom is 0.143 e. The van der Waals surface area contributed by atoms with Gasteiger partial charge in [0.25, 0.3) is 0 Å². The van der Waals surface area contributed by atoms with Crippen LogP contribution >= 0.6 is 0 Å². The van der Waals surface area contributed by atoms with Crippen LogP contribution in [0.4, 0.5) is 0 Å². The minimum atomic E-state index is -0.539. The molecular formula is C19H30O3. The van der Waals surface area contributed by atoms with Gasteiger partial charge < -0.3 is 5.11 Å². The number of rotatable bonds is 7. The van der Waals surface area contributed by atoms with Gasteiger partial charge in [0.1, 0.15) is 11.6 Å². The van der Waals surface area contributed by atoms with Gasteiger partial charge in [-0.25, -0.2) is 0 Å². The highest BCUT2D eigenvalue weighted by Gasteiger charge is 2.45. The predicted molar refractivity (Wildman–Crippen MR) is 89.6 cm³/mol. The zero-order valence-electron chi connectivity index (χ0n) is 14.6. The molecule has 3 unspecified atom stereocenters. The van der Waals surface area contributed by atoms with E-state index >= 15 is 0 Å². The van der Waals surface area contributed by atoms with Gasteiger partial charge in [-0.3, -0.25) is 9.59 Å². The highest BCUT2D eigenvalue weighted by atomic mass is 16.3. The van der Waals surface area contributed by atoms with Gasteiger partial charge in [-0.05, 0) is 52.5 Å². The van der Waals surface area contributed by atoms with Crippen molar-refractivity contribution < 1.29 is 14.7 Å². The Morgan fingerprint density at radius 1 is 1.23 bits per heavy atom. The van der Waals surface area contributed by atoms with Gasteiger partial charge in [0.15, 0.2) is 0 Å². The van der Waals surface area contributed by atoms with Crippen LogP contribution < -0.4 is 0 Å². The number of aliphatic hydroxyl groups excluding tert-OH is 1. The Labute approximate surface area is 134 Å². The number of carbonyl (C=O) groups is 2. The van der Waals surface area contributed by atoms with Gasteiger partial charge in [0.05, 0.1) is 6.10 Å². The molecule has 1 saturated carbocycles. The lowest BCUT2D eigenvalue weighted by molar-refractivity contribution is -0.135.